The molecule has 1 amide bonds. The van der Waals surface area contributed by atoms with Crippen LogP contribution >= 0.6 is 11.8 Å². The van der Waals surface area contributed by atoms with Crippen molar-refractivity contribution in [2.45, 2.75) is 57.5 Å². The number of aromatic nitrogens is 4. The molecule has 1 fully saturated rings. The van der Waals surface area contributed by atoms with Gasteiger partial charge in [-0.15, -0.1) is 5.10 Å². The van der Waals surface area contributed by atoms with Gasteiger partial charge in [-0.2, -0.15) is 0 Å². The Kier molecular flexibility index (Phi) is 7.23. The molecule has 7 nitrogen and oxygen atoms in total. The predicted octanol–water partition coefficient (Wildman–Crippen LogP) is 2.69. The molecule has 0 saturated carbocycles. The Morgan fingerprint density at radius 1 is 1.37 bits per heavy atom. The van der Waals surface area contributed by atoms with Gasteiger partial charge in [-0.05, 0) is 42.2 Å². The fraction of sp³-hybridized carbons (Fsp3) is 0.579. The highest BCUT2D eigenvalue weighted by atomic mass is 32.2. The van der Waals surface area contributed by atoms with E-state index in [1.54, 1.807) is 4.68 Å². The van der Waals surface area contributed by atoms with Gasteiger partial charge in [0.15, 0.2) is 0 Å². The van der Waals surface area contributed by atoms with Crippen molar-refractivity contribution >= 4 is 17.7 Å². The molecule has 1 saturated heterocycles. The number of benzene rings is 1. The number of thioether (sulfide) groups is 1. The molecule has 1 aliphatic heterocycles. The topological polar surface area (TPSA) is 73.1 Å². The third kappa shape index (κ3) is 5.77. The predicted molar refractivity (Wildman–Crippen MR) is 104 cm³/mol. The highest BCUT2D eigenvalue weighted by Crippen LogP contribution is 2.19. The van der Waals surface area contributed by atoms with Crippen molar-refractivity contribution in [3.63, 3.8) is 0 Å². The summed E-state index contributed by atoms with van der Waals surface area (Å²) in [5.41, 5.74) is 2.37. The van der Waals surface area contributed by atoms with Gasteiger partial charge in [0.1, 0.15) is 0 Å². The minimum Gasteiger partial charge on any atom is -0.376 e. The zero-order chi connectivity index (χ0) is 19.1. The van der Waals surface area contributed by atoms with Crippen molar-refractivity contribution in [3.05, 3.63) is 35.4 Å². The lowest BCUT2D eigenvalue weighted by atomic mass is 10.1. The van der Waals surface area contributed by atoms with Crippen LogP contribution in [-0.2, 0) is 22.6 Å². The molecule has 1 atom stereocenters. The van der Waals surface area contributed by atoms with E-state index in [9.17, 15) is 4.79 Å². The van der Waals surface area contributed by atoms with E-state index in [-0.39, 0.29) is 12.0 Å². The van der Waals surface area contributed by atoms with Crippen molar-refractivity contribution in [3.8, 4) is 0 Å². The summed E-state index contributed by atoms with van der Waals surface area (Å²) in [5, 5.41) is 12.5. The summed E-state index contributed by atoms with van der Waals surface area (Å²) in [7, 11) is 0. The maximum atomic E-state index is 12.8. The first-order valence-corrected chi connectivity index (χ1v) is 10.5. The van der Waals surface area contributed by atoms with Crippen LogP contribution in [0.15, 0.2) is 29.4 Å². The monoisotopic (exact) mass is 389 g/mol. The maximum absolute atomic E-state index is 12.8. The molecule has 0 bridgehead atoms. The van der Waals surface area contributed by atoms with Gasteiger partial charge in [0, 0.05) is 19.7 Å². The Hall–Kier alpha value is -1.93. The second-order valence-corrected chi connectivity index (χ2v) is 7.81. The Bertz CT molecular complexity index is 728. The molecule has 1 aliphatic rings. The van der Waals surface area contributed by atoms with Crippen LogP contribution in [0.4, 0.5) is 0 Å². The second kappa shape index (κ2) is 9.85. The molecule has 146 valence electrons. The van der Waals surface area contributed by atoms with E-state index >= 15 is 0 Å². The molecule has 0 N–H and O–H groups in total. The van der Waals surface area contributed by atoms with Gasteiger partial charge < -0.3 is 9.64 Å². The average Bonchev–Trinajstić information content (AvgIpc) is 3.33. The molecule has 27 heavy (non-hydrogen) atoms. The summed E-state index contributed by atoms with van der Waals surface area (Å²) in [6.45, 7) is 6.98. The summed E-state index contributed by atoms with van der Waals surface area (Å²) in [4.78, 5) is 14.7. The van der Waals surface area contributed by atoms with Crippen molar-refractivity contribution in [2.75, 3.05) is 18.9 Å². The van der Waals surface area contributed by atoms with E-state index in [4.69, 9.17) is 4.74 Å². The van der Waals surface area contributed by atoms with Crippen molar-refractivity contribution in [2.24, 2.45) is 0 Å². The number of hydrogen-bond acceptors (Lipinski definition) is 6. The van der Waals surface area contributed by atoms with Crippen LogP contribution in [0.5, 0.6) is 0 Å². The van der Waals surface area contributed by atoms with Crippen molar-refractivity contribution < 1.29 is 9.53 Å². The third-order valence-electron chi connectivity index (χ3n) is 4.56. The van der Waals surface area contributed by atoms with Crippen LogP contribution in [0, 0.1) is 6.92 Å². The van der Waals surface area contributed by atoms with Gasteiger partial charge in [0.25, 0.3) is 0 Å². The first kappa shape index (κ1) is 19.8. The second-order valence-electron chi connectivity index (χ2n) is 6.87. The Morgan fingerprint density at radius 2 is 2.19 bits per heavy atom. The molecule has 1 unspecified atom stereocenters. The number of aryl methyl sites for hydroxylation is 1. The quantitative estimate of drug-likeness (QED) is 0.614. The smallest absolute Gasteiger partial charge is 0.233 e. The molecule has 0 spiro atoms. The summed E-state index contributed by atoms with van der Waals surface area (Å²) >= 11 is 1.39. The van der Waals surface area contributed by atoms with Crippen LogP contribution < -0.4 is 0 Å². The van der Waals surface area contributed by atoms with E-state index in [0.717, 1.165) is 38.0 Å². The zero-order valence-electron chi connectivity index (χ0n) is 16.0. The van der Waals surface area contributed by atoms with E-state index < -0.39 is 0 Å². The van der Waals surface area contributed by atoms with Gasteiger partial charge in [-0.3, -0.25) is 4.79 Å². The molecular formula is C19H27N5O2S. The van der Waals surface area contributed by atoms with Gasteiger partial charge in [-0.25, -0.2) is 4.68 Å². The van der Waals surface area contributed by atoms with Gasteiger partial charge in [-0.1, -0.05) is 48.5 Å². The molecule has 2 aromatic rings. The minimum atomic E-state index is 0.106. The Morgan fingerprint density at radius 3 is 2.89 bits per heavy atom. The first-order chi connectivity index (χ1) is 13.2. The zero-order valence-corrected chi connectivity index (χ0v) is 16.8. The summed E-state index contributed by atoms with van der Waals surface area (Å²) in [5.74, 6) is 0.437. The van der Waals surface area contributed by atoms with Crippen molar-refractivity contribution in [1.29, 1.82) is 0 Å². The lowest BCUT2D eigenvalue weighted by Crippen LogP contribution is -2.32. The van der Waals surface area contributed by atoms with Crippen LogP contribution in [0.25, 0.3) is 0 Å². The molecule has 3 rings (SSSR count). The number of carbonyl (C=O) groups is 1. The van der Waals surface area contributed by atoms with Crippen LogP contribution in [0.1, 0.15) is 37.3 Å². The molecule has 2 heterocycles. The lowest BCUT2D eigenvalue weighted by molar-refractivity contribution is -0.129. The summed E-state index contributed by atoms with van der Waals surface area (Å²) in [6.07, 6.45) is 3.21. The molecule has 8 heteroatoms. The molecule has 0 radical (unpaired) electrons. The average molecular weight is 390 g/mol. The number of ether oxygens (including phenoxy) is 1. The SMILES string of the molecule is CCCN(Cc1ccc(C)cc1)C(=O)CSc1nnnn1CC1CCCO1. The van der Waals surface area contributed by atoms with Crippen LogP contribution in [-0.4, -0.2) is 56.0 Å². The summed E-state index contributed by atoms with van der Waals surface area (Å²) in [6, 6.07) is 8.33. The lowest BCUT2D eigenvalue weighted by Gasteiger charge is -2.22. The van der Waals surface area contributed by atoms with Crippen LogP contribution in [0.2, 0.25) is 0 Å². The number of nitrogens with zero attached hydrogens (tertiary/aromatic N) is 5. The van der Waals surface area contributed by atoms with E-state index in [2.05, 4.69) is 53.6 Å². The first-order valence-electron chi connectivity index (χ1n) is 9.49. The number of tetrazole rings is 1. The van der Waals surface area contributed by atoms with E-state index in [1.165, 1.54) is 17.3 Å². The van der Waals surface area contributed by atoms with Gasteiger partial charge >= 0.3 is 0 Å². The fourth-order valence-electron chi connectivity index (χ4n) is 3.09. The largest absolute Gasteiger partial charge is 0.376 e. The number of hydrogen-bond donors (Lipinski definition) is 0. The number of carbonyl (C=O) groups excluding carboxylic acids is 1. The molecule has 0 aliphatic carbocycles. The highest BCUT2D eigenvalue weighted by molar-refractivity contribution is 7.99. The number of amides is 1. The highest BCUT2D eigenvalue weighted by Gasteiger charge is 2.20. The maximum Gasteiger partial charge on any atom is 0.233 e. The minimum absolute atomic E-state index is 0.106. The fourth-order valence-corrected chi connectivity index (χ4v) is 3.88. The molecule has 1 aromatic heterocycles. The van der Waals surface area contributed by atoms with E-state index in [0.29, 0.717) is 24.0 Å². The Balaban J connectivity index is 1.56. The summed E-state index contributed by atoms with van der Waals surface area (Å²) < 4.78 is 7.40. The Labute approximate surface area is 164 Å². The standard InChI is InChI=1S/C19H27N5O2S/c1-3-10-23(12-16-8-6-15(2)7-9-16)18(25)14-27-19-20-21-22-24(19)13-17-5-4-11-26-17/h6-9,17H,3-5,10-14H2,1-2H3. The third-order valence-corrected chi connectivity index (χ3v) is 5.51. The van der Waals surface area contributed by atoms with Crippen molar-refractivity contribution in [1.82, 2.24) is 25.1 Å². The molecular weight excluding hydrogens is 362 g/mol. The van der Waals surface area contributed by atoms with Crippen LogP contribution in [0.3, 0.4) is 0 Å². The normalized spacial score (nSPS) is 16.6. The molecule has 1 aromatic carbocycles. The van der Waals surface area contributed by atoms with Gasteiger partial charge in [0.05, 0.1) is 18.4 Å². The number of rotatable bonds is 9. The van der Waals surface area contributed by atoms with E-state index in [1.807, 2.05) is 4.90 Å². The van der Waals surface area contributed by atoms with Gasteiger partial charge in [0.2, 0.25) is 11.1 Å².